The molecule has 3 saturated carbocycles. The lowest BCUT2D eigenvalue weighted by atomic mass is 9.41. The highest BCUT2D eigenvalue weighted by Gasteiger charge is 2.68. The van der Waals surface area contributed by atoms with Gasteiger partial charge in [0.15, 0.2) is 5.78 Å². The van der Waals surface area contributed by atoms with Crippen molar-refractivity contribution in [2.75, 3.05) is 0 Å². The maximum Gasteiger partial charge on any atom is 0.302 e. The van der Waals surface area contributed by atoms with E-state index >= 15 is 0 Å². The Morgan fingerprint density at radius 3 is 2.31 bits per heavy atom. The average molecular weight is 485 g/mol. The number of rotatable bonds is 6. The molecule has 0 amide bonds. The third-order valence-electron chi connectivity index (χ3n) is 12.1. The number of hydrogen-bond acceptors (Lipinski definition) is 3. The molecule has 0 radical (unpaired) electrons. The second-order valence-electron chi connectivity index (χ2n) is 14.6. The summed E-state index contributed by atoms with van der Waals surface area (Å²) in [5.74, 6) is 3.02. The van der Waals surface area contributed by atoms with Crippen LogP contribution in [0.25, 0.3) is 0 Å². The van der Waals surface area contributed by atoms with Crippen LogP contribution >= 0.6 is 0 Å². The van der Waals surface area contributed by atoms with E-state index in [4.69, 9.17) is 4.74 Å². The van der Waals surface area contributed by atoms with E-state index in [9.17, 15) is 9.59 Å². The van der Waals surface area contributed by atoms with Crippen LogP contribution in [-0.4, -0.2) is 17.9 Å². The second kappa shape index (κ2) is 9.02. The van der Waals surface area contributed by atoms with Gasteiger partial charge in [0.05, 0.1) is 0 Å². The van der Waals surface area contributed by atoms with E-state index < -0.39 is 0 Å². The van der Waals surface area contributed by atoms with Crippen molar-refractivity contribution in [3.8, 4) is 0 Å². The molecule has 0 aromatic heterocycles. The molecule has 8 unspecified atom stereocenters. The Morgan fingerprint density at radius 2 is 1.69 bits per heavy atom. The fraction of sp³-hybridized carbons (Fsp3) is 0.875. The Kier molecular flexibility index (Phi) is 6.94. The van der Waals surface area contributed by atoms with Gasteiger partial charge in [-0.2, -0.15) is 0 Å². The van der Waals surface area contributed by atoms with Gasteiger partial charge in [-0.05, 0) is 85.0 Å². The molecule has 3 fully saturated rings. The van der Waals surface area contributed by atoms with Crippen LogP contribution in [0, 0.1) is 51.2 Å². The number of carbonyl (C=O) groups excluding carboxylic acids is 2. The van der Waals surface area contributed by atoms with Gasteiger partial charge in [0.2, 0.25) is 0 Å². The quantitative estimate of drug-likeness (QED) is 0.357. The monoisotopic (exact) mass is 484 g/mol. The van der Waals surface area contributed by atoms with Gasteiger partial charge >= 0.3 is 5.97 Å². The van der Waals surface area contributed by atoms with E-state index in [1.165, 1.54) is 44.6 Å². The summed E-state index contributed by atoms with van der Waals surface area (Å²) in [6.45, 7) is 20.4. The molecule has 8 atom stereocenters. The lowest BCUT2D eigenvalue weighted by Gasteiger charge is -2.63. The van der Waals surface area contributed by atoms with Crippen molar-refractivity contribution in [3.05, 3.63) is 11.6 Å². The van der Waals surface area contributed by atoms with Crippen molar-refractivity contribution in [2.45, 2.75) is 126 Å². The summed E-state index contributed by atoms with van der Waals surface area (Å²) in [7, 11) is 0. The molecule has 0 aromatic carbocycles. The topological polar surface area (TPSA) is 43.4 Å². The molecule has 0 aromatic rings. The van der Waals surface area contributed by atoms with Crippen LogP contribution in [-0.2, 0) is 14.3 Å². The zero-order chi connectivity index (χ0) is 26.0. The van der Waals surface area contributed by atoms with E-state index in [-0.39, 0.29) is 33.7 Å². The standard InChI is InChI=1S/C32H52O3/c1-20(2)11-10-12-21(3)23-15-18-31(8)24-13-14-26-29(5,6)28(35-22(4)33)16-17-30(26,7)25(24)19-27(34)32(23,31)9/h19-21,23-24,26,28H,10-18H2,1-9H3. The molecule has 3 heteroatoms. The fourth-order valence-electron chi connectivity index (χ4n) is 9.91. The molecule has 4 aliphatic carbocycles. The van der Waals surface area contributed by atoms with Crippen molar-refractivity contribution < 1.29 is 14.3 Å². The lowest BCUT2D eigenvalue weighted by Crippen LogP contribution is -2.60. The number of allylic oxidation sites excluding steroid dienone is 2. The number of fused-ring (bicyclic) bond motifs is 5. The molecule has 0 heterocycles. The van der Waals surface area contributed by atoms with Gasteiger partial charge < -0.3 is 4.74 Å². The Labute approximate surface area is 215 Å². The highest BCUT2D eigenvalue weighted by Crippen LogP contribution is 2.72. The van der Waals surface area contributed by atoms with Crippen LogP contribution < -0.4 is 0 Å². The van der Waals surface area contributed by atoms with Gasteiger partial charge in [0.25, 0.3) is 0 Å². The van der Waals surface area contributed by atoms with E-state index in [0.29, 0.717) is 29.5 Å². The van der Waals surface area contributed by atoms with Crippen LogP contribution in [0.2, 0.25) is 0 Å². The Hall–Kier alpha value is -1.12. The SMILES string of the molecule is CC(=O)OC1CCC2(C)C3=CC(=O)C4(C)C(C(C)CCCC(C)C)CCC4(C)C3CCC2C1(C)C. The zero-order valence-corrected chi connectivity index (χ0v) is 24.1. The molecule has 0 spiro atoms. The van der Waals surface area contributed by atoms with Gasteiger partial charge in [0.1, 0.15) is 6.10 Å². The van der Waals surface area contributed by atoms with Crippen LogP contribution in [0.4, 0.5) is 0 Å². The first-order valence-electron chi connectivity index (χ1n) is 14.6. The highest BCUT2D eigenvalue weighted by atomic mass is 16.5. The van der Waals surface area contributed by atoms with E-state index in [0.717, 1.165) is 31.6 Å². The number of ether oxygens (including phenoxy) is 1. The molecule has 0 aliphatic heterocycles. The Bertz CT molecular complexity index is 883. The molecule has 0 N–H and O–H groups in total. The first-order chi connectivity index (χ1) is 16.2. The molecule has 0 saturated heterocycles. The molecular formula is C32H52O3. The summed E-state index contributed by atoms with van der Waals surface area (Å²) >= 11 is 0. The van der Waals surface area contributed by atoms with Crippen molar-refractivity contribution in [1.29, 1.82) is 0 Å². The minimum Gasteiger partial charge on any atom is -0.462 e. The minimum atomic E-state index is -0.244. The van der Waals surface area contributed by atoms with Gasteiger partial charge in [-0.3, -0.25) is 9.59 Å². The van der Waals surface area contributed by atoms with Crippen LogP contribution in [0.15, 0.2) is 11.6 Å². The van der Waals surface area contributed by atoms with E-state index in [1.807, 2.05) is 0 Å². The molecule has 35 heavy (non-hydrogen) atoms. The van der Waals surface area contributed by atoms with E-state index in [1.54, 1.807) is 0 Å². The Balaban J connectivity index is 1.65. The van der Waals surface area contributed by atoms with Gasteiger partial charge in [-0.1, -0.05) is 80.2 Å². The summed E-state index contributed by atoms with van der Waals surface area (Å²) < 4.78 is 5.82. The molecule has 3 nitrogen and oxygen atoms in total. The number of carbonyl (C=O) groups is 2. The van der Waals surface area contributed by atoms with Crippen LogP contribution in [0.1, 0.15) is 120 Å². The van der Waals surface area contributed by atoms with Crippen molar-refractivity contribution in [3.63, 3.8) is 0 Å². The fourth-order valence-corrected chi connectivity index (χ4v) is 9.91. The van der Waals surface area contributed by atoms with Crippen molar-refractivity contribution in [1.82, 2.24) is 0 Å². The van der Waals surface area contributed by atoms with Crippen molar-refractivity contribution >= 4 is 11.8 Å². The Morgan fingerprint density at radius 1 is 1.00 bits per heavy atom. The van der Waals surface area contributed by atoms with Crippen molar-refractivity contribution in [2.24, 2.45) is 51.2 Å². The maximum absolute atomic E-state index is 14.2. The molecule has 4 rings (SSSR count). The second-order valence-corrected chi connectivity index (χ2v) is 14.6. The van der Waals surface area contributed by atoms with Gasteiger partial charge in [-0.25, -0.2) is 0 Å². The summed E-state index contributed by atoms with van der Waals surface area (Å²) in [6.07, 6.45) is 12.5. The van der Waals surface area contributed by atoms with Crippen LogP contribution in [0.3, 0.4) is 0 Å². The maximum atomic E-state index is 14.2. The van der Waals surface area contributed by atoms with Gasteiger partial charge in [-0.15, -0.1) is 0 Å². The smallest absolute Gasteiger partial charge is 0.302 e. The van der Waals surface area contributed by atoms with Crippen LogP contribution in [0.5, 0.6) is 0 Å². The third-order valence-corrected chi connectivity index (χ3v) is 12.1. The third kappa shape index (κ3) is 3.97. The summed E-state index contributed by atoms with van der Waals surface area (Å²) in [5.41, 5.74) is 1.19. The summed E-state index contributed by atoms with van der Waals surface area (Å²) in [4.78, 5) is 26.0. The number of esters is 1. The van der Waals surface area contributed by atoms with Gasteiger partial charge in [0, 0.05) is 17.8 Å². The first-order valence-corrected chi connectivity index (χ1v) is 14.6. The van der Waals surface area contributed by atoms with E-state index in [2.05, 4.69) is 61.5 Å². The largest absolute Gasteiger partial charge is 0.462 e. The minimum absolute atomic E-state index is 0.0179. The highest BCUT2D eigenvalue weighted by molar-refractivity contribution is 5.98. The lowest BCUT2D eigenvalue weighted by molar-refractivity contribution is -0.171. The first kappa shape index (κ1) is 26.9. The zero-order valence-electron chi connectivity index (χ0n) is 24.1. The average Bonchev–Trinajstić information content (AvgIpc) is 3.04. The number of ketones is 1. The number of hydrogen-bond donors (Lipinski definition) is 0. The summed E-state index contributed by atoms with van der Waals surface area (Å²) in [5, 5.41) is 0. The summed E-state index contributed by atoms with van der Waals surface area (Å²) in [6, 6.07) is 0. The molecule has 198 valence electrons. The predicted molar refractivity (Wildman–Crippen MR) is 143 cm³/mol. The normalized spacial score (nSPS) is 43.1. The predicted octanol–water partition coefficient (Wildman–Crippen LogP) is 8.16. The molecular weight excluding hydrogens is 432 g/mol. The molecule has 4 aliphatic rings. The molecule has 0 bridgehead atoms.